The Kier molecular flexibility index (Phi) is 5.48. The first-order valence-electron chi connectivity index (χ1n) is 9.34. The number of thiazole rings is 1. The lowest BCUT2D eigenvalue weighted by atomic mass is 10.0. The lowest BCUT2D eigenvalue weighted by Crippen LogP contribution is -2.41. The summed E-state index contributed by atoms with van der Waals surface area (Å²) in [5, 5.41) is 4.88. The van der Waals surface area contributed by atoms with E-state index in [1.165, 1.54) is 47.1 Å². The van der Waals surface area contributed by atoms with E-state index in [1.807, 2.05) is 6.20 Å². The number of benzene rings is 1. The molecule has 4 nitrogen and oxygen atoms in total. The molecule has 4 rings (SSSR count). The lowest BCUT2D eigenvalue weighted by Gasteiger charge is -2.32. The predicted octanol–water partition coefficient (Wildman–Crippen LogP) is 3.90. The van der Waals surface area contributed by atoms with Crippen LogP contribution in [0.1, 0.15) is 23.4 Å². The van der Waals surface area contributed by atoms with E-state index < -0.39 is 0 Å². The van der Waals surface area contributed by atoms with Crippen LogP contribution < -0.4 is 5.32 Å². The smallest absolute Gasteiger partial charge is 0.107 e. The zero-order valence-corrected chi connectivity index (χ0v) is 16.1. The van der Waals surface area contributed by atoms with E-state index in [9.17, 15) is 0 Å². The van der Waals surface area contributed by atoms with Crippen LogP contribution in [0.15, 0.2) is 54.9 Å². The summed E-state index contributed by atoms with van der Waals surface area (Å²) in [6.45, 7) is 4.27. The van der Waals surface area contributed by atoms with Gasteiger partial charge in [0.1, 0.15) is 5.01 Å². The molecule has 5 heteroatoms. The van der Waals surface area contributed by atoms with Gasteiger partial charge in [0.2, 0.25) is 0 Å². The number of nitrogens with one attached hydrogen (secondary N) is 1. The first kappa shape index (κ1) is 17.5. The lowest BCUT2D eigenvalue weighted by molar-refractivity contribution is 0.190. The maximum atomic E-state index is 4.60. The molecule has 0 aliphatic carbocycles. The summed E-state index contributed by atoms with van der Waals surface area (Å²) in [4.78, 5) is 8.40. The van der Waals surface area contributed by atoms with Crippen molar-refractivity contribution in [2.24, 2.45) is 7.05 Å². The second-order valence-electron chi connectivity index (χ2n) is 7.04. The van der Waals surface area contributed by atoms with Crippen LogP contribution in [-0.2, 0) is 20.1 Å². The first-order valence-corrected chi connectivity index (χ1v) is 10.2. The molecule has 3 heterocycles. The molecule has 2 aromatic heterocycles. The number of aromatic nitrogens is 2. The molecule has 3 aromatic rings. The Labute approximate surface area is 159 Å². The minimum absolute atomic E-state index is 0.601. The largest absolute Gasteiger partial charge is 0.350 e. The molecule has 136 valence electrons. The minimum Gasteiger partial charge on any atom is -0.350 e. The molecule has 0 radical (unpaired) electrons. The highest BCUT2D eigenvalue weighted by Gasteiger charge is 2.19. The average Bonchev–Trinajstić information content (AvgIpc) is 3.30. The van der Waals surface area contributed by atoms with E-state index in [0.29, 0.717) is 6.04 Å². The Hall–Kier alpha value is -1.95. The molecule has 26 heavy (non-hydrogen) atoms. The van der Waals surface area contributed by atoms with E-state index in [1.54, 1.807) is 11.3 Å². The van der Waals surface area contributed by atoms with Crippen LogP contribution in [0.25, 0.3) is 10.6 Å². The van der Waals surface area contributed by atoms with Crippen molar-refractivity contribution in [3.8, 4) is 10.6 Å². The molecule has 0 unspecified atom stereocenters. The van der Waals surface area contributed by atoms with Crippen molar-refractivity contribution < 1.29 is 0 Å². The molecule has 0 saturated carbocycles. The van der Waals surface area contributed by atoms with E-state index in [2.05, 4.69) is 75.5 Å². The Morgan fingerprint density at radius 1 is 1.12 bits per heavy atom. The Morgan fingerprint density at radius 2 is 1.92 bits per heavy atom. The van der Waals surface area contributed by atoms with Gasteiger partial charge in [0.15, 0.2) is 0 Å². The Bertz CT molecular complexity index is 815. The Balaban J connectivity index is 1.24. The monoisotopic (exact) mass is 366 g/mol. The number of aryl methyl sites for hydroxylation is 1. The normalized spacial score (nSPS) is 16.2. The number of likely N-dealkylation sites (tertiary alicyclic amines) is 1. The summed E-state index contributed by atoms with van der Waals surface area (Å²) in [6, 6.07) is 15.6. The van der Waals surface area contributed by atoms with E-state index in [4.69, 9.17) is 0 Å². The third-order valence-corrected chi connectivity index (χ3v) is 6.15. The number of rotatable bonds is 6. The van der Waals surface area contributed by atoms with Crippen molar-refractivity contribution in [3.63, 3.8) is 0 Å². The molecule has 0 bridgehead atoms. The molecule has 1 fully saturated rings. The van der Waals surface area contributed by atoms with Crippen molar-refractivity contribution in [1.82, 2.24) is 19.8 Å². The maximum absolute atomic E-state index is 4.60. The molecule has 0 atom stereocenters. The SMILES string of the molecule is Cn1cccc1-c1cnc(CNC2CCN(Cc3ccccc3)CC2)s1. The third-order valence-electron chi connectivity index (χ3n) is 5.13. The molecule has 1 aliphatic rings. The van der Waals surface area contributed by atoms with Gasteiger partial charge in [0.05, 0.1) is 10.6 Å². The van der Waals surface area contributed by atoms with Gasteiger partial charge in [-0.2, -0.15) is 0 Å². The molecule has 1 saturated heterocycles. The van der Waals surface area contributed by atoms with Gasteiger partial charge in [-0.3, -0.25) is 4.90 Å². The van der Waals surface area contributed by atoms with Gasteiger partial charge >= 0.3 is 0 Å². The van der Waals surface area contributed by atoms with Gasteiger partial charge in [-0.15, -0.1) is 11.3 Å². The van der Waals surface area contributed by atoms with Crippen molar-refractivity contribution in [2.45, 2.75) is 32.0 Å². The van der Waals surface area contributed by atoms with Crippen molar-refractivity contribution in [1.29, 1.82) is 0 Å². The molecule has 0 amide bonds. The van der Waals surface area contributed by atoms with Gasteiger partial charge in [0.25, 0.3) is 0 Å². The zero-order valence-electron chi connectivity index (χ0n) is 15.3. The minimum atomic E-state index is 0.601. The highest BCUT2D eigenvalue weighted by Crippen LogP contribution is 2.26. The van der Waals surface area contributed by atoms with E-state index in [0.717, 1.165) is 13.1 Å². The topological polar surface area (TPSA) is 33.1 Å². The van der Waals surface area contributed by atoms with E-state index >= 15 is 0 Å². The summed E-state index contributed by atoms with van der Waals surface area (Å²) in [5.41, 5.74) is 2.65. The highest BCUT2D eigenvalue weighted by molar-refractivity contribution is 7.15. The molecule has 0 spiro atoms. The van der Waals surface area contributed by atoms with Crippen LogP contribution in [0.2, 0.25) is 0 Å². The van der Waals surface area contributed by atoms with Crippen LogP contribution in [0.3, 0.4) is 0 Å². The fourth-order valence-corrected chi connectivity index (χ4v) is 4.53. The summed E-state index contributed by atoms with van der Waals surface area (Å²) >= 11 is 1.79. The number of hydrogen-bond donors (Lipinski definition) is 1. The zero-order chi connectivity index (χ0) is 17.8. The number of nitrogens with zero attached hydrogens (tertiary/aromatic N) is 3. The molecular formula is C21H26N4S. The van der Waals surface area contributed by atoms with Crippen LogP contribution in [0, 0.1) is 0 Å². The van der Waals surface area contributed by atoms with Crippen molar-refractivity contribution >= 4 is 11.3 Å². The molecule has 1 N–H and O–H groups in total. The molecular weight excluding hydrogens is 340 g/mol. The second kappa shape index (κ2) is 8.16. The summed E-state index contributed by atoms with van der Waals surface area (Å²) in [5.74, 6) is 0. The summed E-state index contributed by atoms with van der Waals surface area (Å²) in [6.07, 6.45) is 6.50. The standard InChI is InChI=1S/C21H26N4S/c1-24-11-5-8-19(24)20-14-23-21(26-20)15-22-18-9-12-25(13-10-18)16-17-6-3-2-4-7-17/h2-8,11,14,18,22H,9-10,12-13,15-16H2,1H3. The number of piperidine rings is 1. The second-order valence-corrected chi connectivity index (χ2v) is 8.15. The van der Waals surface area contributed by atoms with Gasteiger partial charge < -0.3 is 9.88 Å². The fourth-order valence-electron chi connectivity index (χ4n) is 3.60. The number of hydrogen-bond acceptors (Lipinski definition) is 4. The quantitative estimate of drug-likeness (QED) is 0.718. The maximum Gasteiger partial charge on any atom is 0.107 e. The van der Waals surface area contributed by atoms with Gasteiger partial charge in [-0.1, -0.05) is 30.3 Å². The van der Waals surface area contributed by atoms with Crippen LogP contribution >= 0.6 is 11.3 Å². The fraction of sp³-hybridized carbons (Fsp3) is 0.381. The Morgan fingerprint density at radius 3 is 2.65 bits per heavy atom. The summed E-state index contributed by atoms with van der Waals surface area (Å²) in [7, 11) is 2.08. The predicted molar refractivity (Wildman–Crippen MR) is 108 cm³/mol. The van der Waals surface area contributed by atoms with Gasteiger partial charge in [-0.05, 0) is 43.6 Å². The van der Waals surface area contributed by atoms with Crippen LogP contribution in [0.4, 0.5) is 0 Å². The van der Waals surface area contributed by atoms with Gasteiger partial charge in [0, 0.05) is 38.6 Å². The first-order chi connectivity index (χ1) is 12.8. The average molecular weight is 367 g/mol. The molecule has 1 aliphatic heterocycles. The molecule has 1 aromatic carbocycles. The summed E-state index contributed by atoms with van der Waals surface area (Å²) < 4.78 is 2.15. The third kappa shape index (κ3) is 4.23. The van der Waals surface area contributed by atoms with Crippen molar-refractivity contribution in [3.05, 3.63) is 65.4 Å². The van der Waals surface area contributed by atoms with Gasteiger partial charge in [-0.25, -0.2) is 4.98 Å². The van der Waals surface area contributed by atoms with Crippen LogP contribution in [-0.4, -0.2) is 33.6 Å². The van der Waals surface area contributed by atoms with Crippen molar-refractivity contribution in [2.75, 3.05) is 13.1 Å². The highest BCUT2D eigenvalue weighted by atomic mass is 32.1. The van der Waals surface area contributed by atoms with Crippen LogP contribution in [0.5, 0.6) is 0 Å². The van der Waals surface area contributed by atoms with E-state index in [-0.39, 0.29) is 0 Å².